The number of carbonyl (C=O) groups is 1. The van der Waals surface area contributed by atoms with Gasteiger partial charge in [-0.3, -0.25) is 4.79 Å². The topological polar surface area (TPSA) is 68.5 Å². The first-order valence-electron chi connectivity index (χ1n) is 5.61. The van der Waals surface area contributed by atoms with E-state index in [2.05, 4.69) is 0 Å². The number of hydrogen-bond donors (Lipinski definition) is 1. The molecule has 0 aliphatic heterocycles. The molecule has 1 aromatic carbocycles. The molecule has 0 radical (unpaired) electrons. The molecule has 0 atom stereocenters. The van der Waals surface area contributed by atoms with Gasteiger partial charge in [0.1, 0.15) is 11.3 Å². The molecule has 98 valence electrons. The lowest BCUT2D eigenvalue weighted by Crippen LogP contribution is -2.23. The summed E-state index contributed by atoms with van der Waals surface area (Å²) in [6.07, 6.45) is 1.60. The van der Waals surface area contributed by atoms with Crippen LogP contribution in [0.3, 0.4) is 0 Å². The Labute approximate surface area is 109 Å². The van der Waals surface area contributed by atoms with Gasteiger partial charge in [-0.1, -0.05) is 12.1 Å². The molecular formula is C14H13NO4. The molecule has 0 bridgehead atoms. The van der Waals surface area contributed by atoms with Crippen LogP contribution in [-0.2, 0) is 7.05 Å². The largest absolute Gasteiger partial charge is 0.497 e. The Balaban J connectivity index is 2.62. The molecule has 5 heteroatoms. The van der Waals surface area contributed by atoms with E-state index in [1.807, 2.05) is 6.07 Å². The van der Waals surface area contributed by atoms with Gasteiger partial charge >= 0.3 is 5.97 Å². The van der Waals surface area contributed by atoms with E-state index in [9.17, 15) is 9.59 Å². The molecule has 1 aromatic heterocycles. The van der Waals surface area contributed by atoms with E-state index in [1.165, 1.54) is 17.7 Å². The Kier molecular flexibility index (Phi) is 3.37. The summed E-state index contributed by atoms with van der Waals surface area (Å²) in [5.41, 5.74) is 0.665. The molecule has 2 rings (SSSR count). The maximum Gasteiger partial charge on any atom is 0.341 e. The monoisotopic (exact) mass is 259 g/mol. The number of carboxylic acids is 1. The summed E-state index contributed by atoms with van der Waals surface area (Å²) in [4.78, 5) is 22.7. The summed E-state index contributed by atoms with van der Waals surface area (Å²) in [5.74, 6) is -0.562. The van der Waals surface area contributed by atoms with E-state index >= 15 is 0 Å². The summed E-state index contributed by atoms with van der Waals surface area (Å²) in [5, 5.41) is 9.02. The first kappa shape index (κ1) is 12.9. The second-order valence-electron chi connectivity index (χ2n) is 4.10. The van der Waals surface area contributed by atoms with E-state index in [1.54, 1.807) is 31.5 Å². The number of benzene rings is 1. The maximum absolute atomic E-state index is 11.7. The Bertz CT molecular complexity index is 688. The maximum atomic E-state index is 11.7. The first-order chi connectivity index (χ1) is 9.02. The van der Waals surface area contributed by atoms with Gasteiger partial charge in [0.05, 0.1) is 7.11 Å². The summed E-state index contributed by atoms with van der Waals surface area (Å²) >= 11 is 0. The number of rotatable bonds is 3. The molecule has 5 nitrogen and oxygen atoms in total. The van der Waals surface area contributed by atoms with Crippen molar-refractivity contribution in [3.63, 3.8) is 0 Å². The van der Waals surface area contributed by atoms with Gasteiger partial charge in [-0.05, 0) is 29.3 Å². The summed E-state index contributed by atoms with van der Waals surface area (Å²) < 4.78 is 6.39. The molecule has 0 saturated carbocycles. The van der Waals surface area contributed by atoms with Gasteiger partial charge in [-0.25, -0.2) is 4.79 Å². The van der Waals surface area contributed by atoms with E-state index in [0.29, 0.717) is 11.3 Å². The molecule has 2 aromatic rings. The lowest BCUT2D eigenvalue weighted by atomic mass is 10.1. The van der Waals surface area contributed by atoms with E-state index in [-0.39, 0.29) is 5.56 Å². The standard InChI is InChI=1S/C14H13NO4/c1-15-8-10(7-12(13(15)16)14(17)18)9-4-3-5-11(6-9)19-2/h3-8H,1-2H3,(H,17,18). The van der Waals surface area contributed by atoms with Crippen LogP contribution in [0.4, 0.5) is 0 Å². The number of aromatic carboxylic acids is 1. The third kappa shape index (κ3) is 2.49. The van der Waals surface area contributed by atoms with Crippen molar-refractivity contribution in [1.82, 2.24) is 4.57 Å². The highest BCUT2D eigenvalue weighted by Gasteiger charge is 2.12. The molecule has 0 spiro atoms. The van der Waals surface area contributed by atoms with Gasteiger partial charge in [0.2, 0.25) is 0 Å². The number of aryl methyl sites for hydroxylation is 1. The van der Waals surface area contributed by atoms with Crippen molar-refractivity contribution in [2.45, 2.75) is 0 Å². The number of pyridine rings is 1. The van der Waals surface area contributed by atoms with E-state index in [0.717, 1.165) is 5.56 Å². The zero-order chi connectivity index (χ0) is 14.0. The minimum atomic E-state index is -1.23. The fourth-order valence-electron chi connectivity index (χ4n) is 1.83. The third-order valence-electron chi connectivity index (χ3n) is 2.82. The smallest absolute Gasteiger partial charge is 0.341 e. The predicted molar refractivity (Wildman–Crippen MR) is 70.6 cm³/mol. The van der Waals surface area contributed by atoms with Crippen molar-refractivity contribution in [3.8, 4) is 16.9 Å². The molecule has 0 saturated heterocycles. The molecule has 0 aliphatic rings. The Morgan fingerprint density at radius 2 is 2.00 bits per heavy atom. The average molecular weight is 259 g/mol. The zero-order valence-electron chi connectivity index (χ0n) is 10.6. The number of ether oxygens (including phenoxy) is 1. The Morgan fingerprint density at radius 1 is 1.26 bits per heavy atom. The van der Waals surface area contributed by atoms with Crippen LogP contribution in [0.15, 0.2) is 41.3 Å². The van der Waals surface area contributed by atoms with Crippen LogP contribution in [0, 0.1) is 0 Å². The van der Waals surface area contributed by atoms with Crippen LogP contribution in [0.2, 0.25) is 0 Å². The van der Waals surface area contributed by atoms with Gasteiger partial charge < -0.3 is 14.4 Å². The van der Waals surface area contributed by atoms with Crippen molar-refractivity contribution in [3.05, 3.63) is 52.4 Å². The second kappa shape index (κ2) is 4.97. The summed E-state index contributed by atoms with van der Waals surface area (Å²) in [7, 11) is 3.08. The number of methoxy groups -OCH3 is 1. The Morgan fingerprint density at radius 3 is 2.63 bits per heavy atom. The zero-order valence-corrected chi connectivity index (χ0v) is 10.6. The van der Waals surface area contributed by atoms with Crippen LogP contribution in [0.5, 0.6) is 5.75 Å². The van der Waals surface area contributed by atoms with E-state index in [4.69, 9.17) is 9.84 Å². The van der Waals surface area contributed by atoms with Gasteiger partial charge in [0.15, 0.2) is 0 Å². The molecule has 19 heavy (non-hydrogen) atoms. The highest BCUT2D eigenvalue weighted by molar-refractivity contribution is 5.88. The lowest BCUT2D eigenvalue weighted by molar-refractivity contribution is 0.0694. The minimum Gasteiger partial charge on any atom is -0.497 e. The molecule has 0 fully saturated rings. The lowest BCUT2D eigenvalue weighted by Gasteiger charge is -2.08. The highest BCUT2D eigenvalue weighted by Crippen LogP contribution is 2.23. The van der Waals surface area contributed by atoms with Crippen LogP contribution in [0.25, 0.3) is 11.1 Å². The summed E-state index contributed by atoms with van der Waals surface area (Å²) in [6, 6.07) is 8.59. The quantitative estimate of drug-likeness (QED) is 0.911. The molecule has 0 amide bonds. The number of carboxylic acid groups (broad SMARTS) is 1. The minimum absolute atomic E-state index is 0.247. The van der Waals surface area contributed by atoms with Crippen LogP contribution >= 0.6 is 0 Å². The van der Waals surface area contributed by atoms with Gasteiger partial charge in [-0.15, -0.1) is 0 Å². The van der Waals surface area contributed by atoms with Crippen molar-refractivity contribution >= 4 is 5.97 Å². The first-order valence-corrected chi connectivity index (χ1v) is 5.61. The van der Waals surface area contributed by atoms with Gasteiger partial charge in [0, 0.05) is 13.2 Å². The molecule has 0 unspecified atom stereocenters. The van der Waals surface area contributed by atoms with Gasteiger partial charge in [-0.2, -0.15) is 0 Å². The highest BCUT2D eigenvalue weighted by atomic mass is 16.5. The number of hydrogen-bond acceptors (Lipinski definition) is 3. The van der Waals surface area contributed by atoms with Crippen molar-refractivity contribution in [2.24, 2.45) is 7.05 Å². The van der Waals surface area contributed by atoms with Crippen molar-refractivity contribution in [2.75, 3.05) is 7.11 Å². The fraction of sp³-hybridized carbons (Fsp3) is 0.143. The Hall–Kier alpha value is -2.56. The second-order valence-corrected chi connectivity index (χ2v) is 4.10. The summed E-state index contributed by atoms with van der Waals surface area (Å²) in [6.45, 7) is 0. The SMILES string of the molecule is COc1cccc(-c2cc(C(=O)O)c(=O)n(C)c2)c1. The van der Waals surface area contributed by atoms with Crippen LogP contribution < -0.4 is 10.3 Å². The number of nitrogens with zero attached hydrogens (tertiary/aromatic N) is 1. The van der Waals surface area contributed by atoms with Crippen molar-refractivity contribution < 1.29 is 14.6 Å². The van der Waals surface area contributed by atoms with Crippen molar-refractivity contribution in [1.29, 1.82) is 0 Å². The molecule has 0 aliphatic carbocycles. The fourth-order valence-corrected chi connectivity index (χ4v) is 1.83. The molecular weight excluding hydrogens is 246 g/mol. The van der Waals surface area contributed by atoms with Crippen LogP contribution in [-0.4, -0.2) is 22.8 Å². The number of aromatic nitrogens is 1. The average Bonchev–Trinajstić information content (AvgIpc) is 2.41. The molecule has 1 heterocycles. The predicted octanol–water partition coefficient (Wildman–Crippen LogP) is 1.76. The van der Waals surface area contributed by atoms with E-state index < -0.39 is 11.5 Å². The van der Waals surface area contributed by atoms with Gasteiger partial charge in [0.25, 0.3) is 5.56 Å². The van der Waals surface area contributed by atoms with Crippen LogP contribution in [0.1, 0.15) is 10.4 Å². The third-order valence-corrected chi connectivity index (χ3v) is 2.82. The molecule has 1 N–H and O–H groups in total. The normalized spacial score (nSPS) is 10.2.